The van der Waals surface area contributed by atoms with E-state index in [-0.39, 0.29) is 12.3 Å². The molecular weight excluding hydrogens is 526 g/mol. The van der Waals surface area contributed by atoms with E-state index in [1.165, 1.54) is 5.56 Å². The van der Waals surface area contributed by atoms with Gasteiger partial charge in [-0.2, -0.15) is 10.1 Å². The molecule has 6 rings (SSSR count). The van der Waals surface area contributed by atoms with E-state index in [9.17, 15) is 4.79 Å². The third-order valence-corrected chi connectivity index (χ3v) is 8.19. The summed E-state index contributed by atoms with van der Waals surface area (Å²) in [5.41, 5.74) is 6.08. The largest absolute Gasteiger partial charge is 0.481 e. The molecule has 1 aliphatic rings. The highest BCUT2D eigenvalue weighted by Gasteiger charge is 2.25. The Labute approximate surface area is 245 Å². The van der Waals surface area contributed by atoms with Gasteiger partial charge in [0.2, 0.25) is 11.8 Å². The molecular formula is C35H35N3O4. The predicted octanol–water partition coefficient (Wildman–Crippen LogP) is 7.54. The number of carboxylic acid groups (broad SMARTS) is 1. The molecule has 3 aromatic carbocycles. The van der Waals surface area contributed by atoms with Gasteiger partial charge in [0.05, 0.1) is 11.1 Å². The van der Waals surface area contributed by atoms with E-state index in [0.717, 1.165) is 59.0 Å². The highest BCUT2D eigenvalue weighted by atomic mass is 16.5. The Kier molecular flexibility index (Phi) is 8.17. The highest BCUT2D eigenvalue weighted by Crippen LogP contribution is 2.40. The minimum Gasteiger partial charge on any atom is -0.481 e. The van der Waals surface area contributed by atoms with Crippen LogP contribution < -0.4 is 9.47 Å². The van der Waals surface area contributed by atoms with E-state index in [4.69, 9.17) is 24.7 Å². The Hall–Kier alpha value is -4.65. The molecule has 0 saturated heterocycles. The molecule has 5 aromatic rings. The van der Waals surface area contributed by atoms with Crippen LogP contribution in [0.2, 0.25) is 0 Å². The maximum absolute atomic E-state index is 11.1. The van der Waals surface area contributed by atoms with Gasteiger partial charge in [-0.25, -0.2) is 0 Å². The molecule has 0 aliphatic heterocycles. The maximum atomic E-state index is 11.1. The second-order valence-electron chi connectivity index (χ2n) is 11.1. The van der Waals surface area contributed by atoms with Gasteiger partial charge in [0.25, 0.3) is 0 Å². The molecule has 1 saturated carbocycles. The zero-order valence-corrected chi connectivity index (χ0v) is 23.8. The lowest BCUT2D eigenvalue weighted by Gasteiger charge is -2.28. The minimum absolute atomic E-state index is 0.273. The van der Waals surface area contributed by atoms with Crippen molar-refractivity contribution in [2.24, 2.45) is 13.0 Å². The Balaban J connectivity index is 1.28. The van der Waals surface area contributed by atoms with Crippen molar-refractivity contribution in [3.8, 4) is 23.0 Å². The third-order valence-electron chi connectivity index (χ3n) is 8.19. The van der Waals surface area contributed by atoms with Crippen molar-refractivity contribution in [1.82, 2.24) is 14.8 Å². The monoisotopic (exact) mass is 561 g/mol. The lowest BCUT2D eigenvalue weighted by molar-refractivity contribution is -0.138. The van der Waals surface area contributed by atoms with Crippen LogP contribution in [-0.2, 0) is 25.1 Å². The Bertz CT molecular complexity index is 1660. The second-order valence-corrected chi connectivity index (χ2v) is 11.1. The van der Waals surface area contributed by atoms with Crippen molar-refractivity contribution in [3.63, 3.8) is 0 Å². The lowest BCUT2D eigenvalue weighted by atomic mass is 9.77. The summed E-state index contributed by atoms with van der Waals surface area (Å²) in [6.45, 7) is 0.793. The number of benzene rings is 3. The zero-order chi connectivity index (χ0) is 28.9. The molecule has 0 bridgehead atoms. The first kappa shape index (κ1) is 27.5. The highest BCUT2D eigenvalue weighted by molar-refractivity contribution is 5.95. The average molecular weight is 562 g/mol. The van der Waals surface area contributed by atoms with E-state index in [2.05, 4.69) is 18.2 Å². The Morgan fingerprint density at radius 2 is 1.52 bits per heavy atom. The minimum atomic E-state index is -0.695. The number of carbonyl (C=O) groups is 1. The summed E-state index contributed by atoms with van der Waals surface area (Å²) in [6.07, 6.45) is 4.21. The van der Waals surface area contributed by atoms with Crippen molar-refractivity contribution < 1.29 is 19.4 Å². The van der Waals surface area contributed by atoms with Gasteiger partial charge in [0.1, 0.15) is 18.9 Å². The van der Waals surface area contributed by atoms with E-state index >= 15 is 0 Å². The average Bonchev–Trinajstić information content (AvgIpc) is 3.35. The van der Waals surface area contributed by atoms with E-state index in [0.29, 0.717) is 30.9 Å². The molecule has 2 heterocycles. The maximum Gasteiger partial charge on any atom is 0.303 e. The first-order valence-electron chi connectivity index (χ1n) is 14.6. The van der Waals surface area contributed by atoms with E-state index in [1.807, 2.05) is 84.5 Å². The van der Waals surface area contributed by atoms with Crippen LogP contribution in [-0.4, -0.2) is 25.8 Å². The van der Waals surface area contributed by atoms with Crippen molar-refractivity contribution in [2.45, 2.75) is 51.2 Å². The number of hydrogen-bond acceptors (Lipinski definition) is 5. The second kappa shape index (κ2) is 12.5. The smallest absolute Gasteiger partial charge is 0.303 e. The molecule has 0 spiro atoms. The summed E-state index contributed by atoms with van der Waals surface area (Å²) in [4.78, 5) is 15.9. The van der Waals surface area contributed by atoms with Crippen LogP contribution in [0.25, 0.3) is 22.2 Å². The summed E-state index contributed by atoms with van der Waals surface area (Å²) in [7, 11) is 1.97. The number of ether oxygens (including phenoxy) is 2. The van der Waals surface area contributed by atoms with Gasteiger partial charge in [-0.1, -0.05) is 72.8 Å². The van der Waals surface area contributed by atoms with Gasteiger partial charge in [-0.05, 0) is 66.3 Å². The number of nitrogens with zero attached hydrogens (tertiary/aromatic N) is 3. The van der Waals surface area contributed by atoms with Crippen molar-refractivity contribution >= 4 is 16.9 Å². The number of aliphatic carboxylic acids is 1. The molecule has 1 N–H and O–H groups in total. The standard InChI is InChI=1S/C35H35N3O4/c1-38-31-21-28(27-14-12-24(13-15-27)20-33(39)40)16-17-29(31)34(37-38)30-18-19-32(41-22-25-8-4-2-5-9-25)36-35(30)42-23-26-10-6-3-7-11-26/h2-11,16-19,21,24,27H,12-15,20,22-23H2,1H3,(H,39,40)/t24-,27+. The summed E-state index contributed by atoms with van der Waals surface area (Å²) in [5, 5.41) is 15.1. The van der Waals surface area contributed by atoms with Crippen LogP contribution in [0, 0.1) is 5.92 Å². The number of rotatable bonds is 10. The fourth-order valence-corrected chi connectivity index (χ4v) is 5.93. The van der Waals surface area contributed by atoms with Crippen LogP contribution in [0.15, 0.2) is 91.0 Å². The van der Waals surface area contributed by atoms with E-state index in [1.54, 1.807) is 0 Å². The van der Waals surface area contributed by atoms with Crippen LogP contribution in [0.4, 0.5) is 0 Å². The summed E-state index contributed by atoms with van der Waals surface area (Å²) < 4.78 is 14.3. The topological polar surface area (TPSA) is 86.5 Å². The van der Waals surface area contributed by atoms with Crippen LogP contribution in [0.3, 0.4) is 0 Å². The van der Waals surface area contributed by atoms with Crippen molar-refractivity contribution in [1.29, 1.82) is 0 Å². The summed E-state index contributed by atoms with van der Waals surface area (Å²) >= 11 is 0. The number of fused-ring (bicyclic) bond motifs is 1. The van der Waals surface area contributed by atoms with E-state index < -0.39 is 5.97 Å². The lowest BCUT2D eigenvalue weighted by Crippen LogP contribution is -2.16. The van der Waals surface area contributed by atoms with Crippen molar-refractivity contribution in [3.05, 3.63) is 108 Å². The molecule has 0 amide bonds. The van der Waals surface area contributed by atoms with Crippen LogP contribution >= 0.6 is 0 Å². The molecule has 0 unspecified atom stereocenters. The van der Waals surface area contributed by atoms with Gasteiger partial charge in [0, 0.05) is 24.9 Å². The summed E-state index contributed by atoms with van der Waals surface area (Å²) in [6, 6.07) is 30.5. The van der Waals surface area contributed by atoms with Gasteiger partial charge in [-0.15, -0.1) is 0 Å². The number of aryl methyl sites for hydroxylation is 1. The number of pyridine rings is 1. The predicted molar refractivity (Wildman–Crippen MR) is 162 cm³/mol. The SMILES string of the molecule is Cn1nc(-c2ccc(OCc3ccccc3)nc2OCc2ccccc2)c2ccc([C@H]3CC[C@@H](CC(=O)O)CC3)cc21. The normalized spacial score (nSPS) is 16.8. The first-order valence-corrected chi connectivity index (χ1v) is 14.6. The number of aromatic nitrogens is 3. The molecule has 2 aromatic heterocycles. The fraction of sp³-hybridized carbons (Fsp3) is 0.286. The molecule has 0 radical (unpaired) electrons. The molecule has 7 heteroatoms. The van der Waals surface area contributed by atoms with Gasteiger partial charge in [-0.3, -0.25) is 9.48 Å². The number of hydrogen-bond donors (Lipinski definition) is 1. The zero-order valence-electron chi connectivity index (χ0n) is 23.8. The van der Waals surface area contributed by atoms with Crippen LogP contribution in [0.1, 0.15) is 54.7 Å². The molecule has 0 atom stereocenters. The Morgan fingerprint density at radius 1 is 0.857 bits per heavy atom. The molecule has 1 fully saturated rings. The number of carboxylic acids is 1. The quantitative estimate of drug-likeness (QED) is 0.190. The molecule has 7 nitrogen and oxygen atoms in total. The third kappa shape index (κ3) is 6.30. The molecule has 214 valence electrons. The summed E-state index contributed by atoms with van der Waals surface area (Å²) in [5.74, 6) is 0.995. The van der Waals surface area contributed by atoms with Gasteiger partial charge >= 0.3 is 5.97 Å². The fourth-order valence-electron chi connectivity index (χ4n) is 5.93. The van der Waals surface area contributed by atoms with Crippen molar-refractivity contribution in [2.75, 3.05) is 0 Å². The van der Waals surface area contributed by atoms with Gasteiger partial charge < -0.3 is 14.6 Å². The van der Waals surface area contributed by atoms with Gasteiger partial charge in [0.15, 0.2) is 0 Å². The first-order chi connectivity index (χ1) is 20.5. The molecule has 1 aliphatic carbocycles. The molecule has 42 heavy (non-hydrogen) atoms. The van der Waals surface area contributed by atoms with Crippen LogP contribution in [0.5, 0.6) is 11.8 Å². The Morgan fingerprint density at radius 3 is 2.19 bits per heavy atom.